The SMILES string of the molecule is CC(=O)c1ccc(NC(=O)COc2ccc(Br)cc2C(C)(C)C)cc1. The normalized spacial score (nSPS) is 11.1. The van der Waals surface area contributed by atoms with E-state index >= 15 is 0 Å². The molecule has 0 aromatic heterocycles. The number of anilines is 1. The number of carbonyl (C=O) groups excluding carboxylic acids is 2. The van der Waals surface area contributed by atoms with Gasteiger partial charge in [0, 0.05) is 21.3 Å². The second kappa shape index (κ2) is 7.83. The van der Waals surface area contributed by atoms with Crippen LogP contribution < -0.4 is 10.1 Å². The van der Waals surface area contributed by atoms with Crippen molar-refractivity contribution in [3.8, 4) is 5.75 Å². The Kier molecular flexibility index (Phi) is 6.01. The van der Waals surface area contributed by atoms with Gasteiger partial charge in [-0.1, -0.05) is 36.7 Å². The van der Waals surface area contributed by atoms with Gasteiger partial charge in [-0.05, 0) is 54.8 Å². The highest BCUT2D eigenvalue weighted by Crippen LogP contribution is 2.33. The molecule has 0 spiro atoms. The van der Waals surface area contributed by atoms with Gasteiger partial charge in [0.05, 0.1) is 0 Å². The van der Waals surface area contributed by atoms with Gasteiger partial charge in [-0.25, -0.2) is 0 Å². The summed E-state index contributed by atoms with van der Waals surface area (Å²) < 4.78 is 6.70. The van der Waals surface area contributed by atoms with Crippen molar-refractivity contribution in [3.63, 3.8) is 0 Å². The first-order valence-electron chi connectivity index (χ1n) is 8.00. The van der Waals surface area contributed by atoms with Crippen molar-refractivity contribution < 1.29 is 14.3 Å². The first kappa shape index (κ1) is 19.2. The van der Waals surface area contributed by atoms with Crippen LogP contribution in [0.2, 0.25) is 0 Å². The molecule has 0 aliphatic rings. The number of ketones is 1. The van der Waals surface area contributed by atoms with E-state index in [9.17, 15) is 9.59 Å². The van der Waals surface area contributed by atoms with Crippen molar-refractivity contribution in [1.29, 1.82) is 0 Å². The molecule has 1 N–H and O–H groups in total. The molecule has 2 aromatic rings. The van der Waals surface area contributed by atoms with E-state index in [2.05, 4.69) is 42.0 Å². The Morgan fingerprint density at radius 2 is 1.72 bits per heavy atom. The van der Waals surface area contributed by atoms with Gasteiger partial charge < -0.3 is 10.1 Å². The van der Waals surface area contributed by atoms with Crippen LogP contribution in [0.3, 0.4) is 0 Å². The maximum absolute atomic E-state index is 12.1. The van der Waals surface area contributed by atoms with Gasteiger partial charge in [-0.15, -0.1) is 0 Å². The standard InChI is InChI=1S/C20H22BrNO3/c1-13(23)14-5-8-16(9-6-14)22-19(24)12-25-18-10-7-15(21)11-17(18)20(2,3)4/h5-11H,12H2,1-4H3,(H,22,24). The predicted octanol–water partition coefficient (Wildman–Crippen LogP) is 4.97. The van der Waals surface area contributed by atoms with E-state index in [-0.39, 0.29) is 23.7 Å². The smallest absolute Gasteiger partial charge is 0.262 e. The summed E-state index contributed by atoms with van der Waals surface area (Å²) in [6.07, 6.45) is 0. The zero-order valence-electron chi connectivity index (χ0n) is 14.9. The van der Waals surface area contributed by atoms with Gasteiger partial charge in [0.25, 0.3) is 5.91 Å². The van der Waals surface area contributed by atoms with E-state index in [4.69, 9.17) is 4.74 Å². The summed E-state index contributed by atoms with van der Waals surface area (Å²) >= 11 is 3.47. The molecule has 0 saturated carbocycles. The van der Waals surface area contributed by atoms with Crippen molar-refractivity contribution >= 4 is 33.3 Å². The zero-order valence-corrected chi connectivity index (χ0v) is 16.4. The fourth-order valence-corrected chi connectivity index (χ4v) is 2.70. The lowest BCUT2D eigenvalue weighted by Crippen LogP contribution is -2.22. The first-order valence-corrected chi connectivity index (χ1v) is 8.80. The molecule has 2 aromatic carbocycles. The number of halogens is 1. The van der Waals surface area contributed by atoms with E-state index in [1.165, 1.54) is 6.92 Å². The lowest BCUT2D eigenvalue weighted by atomic mass is 9.86. The molecule has 0 saturated heterocycles. The molecule has 0 aliphatic heterocycles. The quantitative estimate of drug-likeness (QED) is 0.717. The maximum atomic E-state index is 12.1. The molecule has 4 nitrogen and oxygen atoms in total. The first-order chi connectivity index (χ1) is 11.7. The topological polar surface area (TPSA) is 55.4 Å². The summed E-state index contributed by atoms with van der Waals surface area (Å²) in [6, 6.07) is 12.5. The van der Waals surface area contributed by atoms with Crippen LogP contribution in [0.25, 0.3) is 0 Å². The van der Waals surface area contributed by atoms with Crippen LogP contribution in [0, 0.1) is 0 Å². The summed E-state index contributed by atoms with van der Waals surface area (Å²) in [4.78, 5) is 23.4. The Morgan fingerprint density at radius 1 is 1.08 bits per heavy atom. The molecule has 0 unspecified atom stereocenters. The molecule has 25 heavy (non-hydrogen) atoms. The maximum Gasteiger partial charge on any atom is 0.262 e. The van der Waals surface area contributed by atoms with Gasteiger partial charge >= 0.3 is 0 Å². The fraction of sp³-hybridized carbons (Fsp3) is 0.300. The molecular formula is C20H22BrNO3. The van der Waals surface area contributed by atoms with Crippen molar-refractivity contribution in [1.82, 2.24) is 0 Å². The van der Waals surface area contributed by atoms with E-state index in [0.29, 0.717) is 17.0 Å². The Labute approximate surface area is 156 Å². The Hall–Kier alpha value is -2.14. The van der Waals surface area contributed by atoms with Crippen LogP contribution in [0.1, 0.15) is 43.6 Å². The number of hydrogen-bond acceptors (Lipinski definition) is 3. The minimum absolute atomic E-state index is 0.00819. The Balaban J connectivity index is 2.02. The molecule has 5 heteroatoms. The number of benzene rings is 2. The van der Waals surface area contributed by atoms with Crippen LogP contribution in [-0.2, 0) is 10.2 Å². The number of nitrogens with one attached hydrogen (secondary N) is 1. The second-order valence-corrected chi connectivity index (χ2v) is 7.78. The molecule has 132 valence electrons. The van der Waals surface area contributed by atoms with Crippen molar-refractivity contribution in [2.24, 2.45) is 0 Å². The van der Waals surface area contributed by atoms with Gasteiger partial charge in [0.15, 0.2) is 12.4 Å². The molecule has 0 aliphatic carbocycles. The number of rotatable bonds is 5. The lowest BCUT2D eigenvalue weighted by Gasteiger charge is -2.23. The lowest BCUT2D eigenvalue weighted by molar-refractivity contribution is -0.118. The number of amides is 1. The van der Waals surface area contributed by atoms with Gasteiger partial charge in [-0.3, -0.25) is 9.59 Å². The zero-order chi connectivity index (χ0) is 18.6. The van der Waals surface area contributed by atoms with Crippen molar-refractivity contribution in [3.05, 3.63) is 58.1 Å². The highest BCUT2D eigenvalue weighted by molar-refractivity contribution is 9.10. The number of hydrogen-bond donors (Lipinski definition) is 1. The van der Waals surface area contributed by atoms with Crippen LogP contribution in [-0.4, -0.2) is 18.3 Å². The van der Waals surface area contributed by atoms with Crippen molar-refractivity contribution in [2.45, 2.75) is 33.1 Å². The number of ether oxygens (including phenoxy) is 1. The molecule has 1 amide bonds. The minimum atomic E-state index is -0.252. The highest BCUT2D eigenvalue weighted by Gasteiger charge is 2.20. The molecular weight excluding hydrogens is 382 g/mol. The van der Waals surface area contributed by atoms with Crippen molar-refractivity contribution in [2.75, 3.05) is 11.9 Å². The Morgan fingerprint density at radius 3 is 2.28 bits per heavy atom. The molecule has 0 atom stereocenters. The number of carbonyl (C=O) groups is 2. The third kappa shape index (κ3) is 5.43. The summed E-state index contributed by atoms with van der Waals surface area (Å²) in [5.74, 6) is 0.433. The van der Waals surface area contributed by atoms with Gasteiger partial charge in [0.2, 0.25) is 0 Å². The summed E-state index contributed by atoms with van der Waals surface area (Å²) in [7, 11) is 0. The average molecular weight is 404 g/mol. The molecule has 0 bridgehead atoms. The predicted molar refractivity (Wildman–Crippen MR) is 103 cm³/mol. The van der Waals surface area contributed by atoms with E-state index in [1.807, 2.05) is 18.2 Å². The van der Waals surface area contributed by atoms with Crippen LogP contribution in [0.4, 0.5) is 5.69 Å². The van der Waals surface area contributed by atoms with E-state index in [0.717, 1.165) is 10.0 Å². The summed E-state index contributed by atoms with van der Waals surface area (Å²) in [5.41, 5.74) is 2.17. The van der Waals surface area contributed by atoms with Crippen LogP contribution >= 0.6 is 15.9 Å². The molecule has 0 radical (unpaired) electrons. The summed E-state index contributed by atoms with van der Waals surface area (Å²) in [5, 5.41) is 2.76. The molecule has 0 fully saturated rings. The van der Waals surface area contributed by atoms with E-state index < -0.39 is 0 Å². The fourth-order valence-electron chi connectivity index (χ4n) is 2.34. The third-order valence-corrected chi connectivity index (χ3v) is 4.18. The second-order valence-electron chi connectivity index (χ2n) is 6.86. The number of Topliss-reactive ketones (excluding diaryl/α,β-unsaturated/α-hetero) is 1. The van der Waals surface area contributed by atoms with Crippen LogP contribution in [0.5, 0.6) is 5.75 Å². The monoisotopic (exact) mass is 403 g/mol. The molecule has 2 rings (SSSR count). The summed E-state index contributed by atoms with van der Waals surface area (Å²) in [6.45, 7) is 7.71. The largest absolute Gasteiger partial charge is 0.483 e. The van der Waals surface area contributed by atoms with Gasteiger partial charge in [0.1, 0.15) is 5.75 Å². The van der Waals surface area contributed by atoms with E-state index in [1.54, 1.807) is 24.3 Å². The van der Waals surface area contributed by atoms with Gasteiger partial charge in [-0.2, -0.15) is 0 Å². The van der Waals surface area contributed by atoms with Crippen LogP contribution in [0.15, 0.2) is 46.9 Å². The highest BCUT2D eigenvalue weighted by atomic mass is 79.9. The average Bonchev–Trinajstić information content (AvgIpc) is 2.53. The molecule has 0 heterocycles. The Bertz CT molecular complexity index is 777. The third-order valence-electron chi connectivity index (χ3n) is 3.68. The minimum Gasteiger partial charge on any atom is -0.483 e.